The van der Waals surface area contributed by atoms with Gasteiger partial charge < -0.3 is 25.4 Å². The number of hydrogen-bond donors (Lipinski definition) is 3. The Morgan fingerprint density at radius 3 is 2.59 bits per heavy atom. The summed E-state index contributed by atoms with van der Waals surface area (Å²) in [6.45, 7) is 2.92. The first kappa shape index (κ1) is 25.0. The number of amides is 2. The number of rotatable bonds is 9. The molecule has 0 bridgehead atoms. The average molecular weight is 484 g/mol. The lowest BCUT2D eigenvalue weighted by atomic mass is 10.0. The zero-order valence-electron chi connectivity index (χ0n) is 18.1. The molecule has 3 N–H and O–H groups in total. The molecule has 3 atom stereocenters. The van der Waals surface area contributed by atoms with Gasteiger partial charge in [-0.2, -0.15) is 0 Å². The third-order valence-electron chi connectivity index (χ3n) is 5.75. The molecule has 32 heavy (non-hydrogen) atoms. The van der Waals surface area contributed by atoms with Crippen LogP contribution in [0.1, 0.15) is 37.7 Å². The molecule has 0 aliphatic carbocycles. The molecule has 0 saturated carbocycles. The third-order valence-corrected chi connectivity index (χ3v) is 6.49. The molecule has 1 aromatic carbocycles. The second-order valence-corrected chi connectivity index (χ2v) is 9.07. The van der Waals surface area contributed by atoms with Crippen LogP contribution >= 0.6 is 23.2 Å². The Bertz CT molecular complexity index is 814. The van der Waals surface area contributed by atoms with E-state index in [9.17, 15) is 14.7 Å². The van der Waals surface area contributed by atoms with E-state index in [1.165, 1.54) is 19.3 Å². The van der Waals surface area contributed by atoms with Gasteiger partial charge in [0.05, 0.1) is 35.2 Å². The van der Waals surface area contributed by atoms with Gasteiger partial charge in [-0.25, -0.2) is 0 Å². The van der Waals surface area contributed by atoms with Crippen molar-refractivity contribution in [1.82, 2.24) is 15.5 Å². The van der Waals surface area contributed by atoms with Gasteiger partial charge in [-0.15, -0.1) is 0 Å². The highest BCUT2D eigenvalue weighted by Crippen LogP contribution is 2.22. The normalized spacial score (nSPS) is 23.7. The third kappa shape index (κ3) is 7.74. The van der Waals surface area contributed by atoms with Crippen LogP contribution in [0, 0.1) is 0 Å². The number of ether oxygens (including phenoxy) is 1. The van der Waals surface area contributed by atoms with Crippen molar-refractivity contribution in [2.45, 2.75) is 56.9 Å². The summed E-state index contributed by atoms with van der Waals surface area (Å²) in [4.78, 5) is 27.0. The Morgan fingerprint density at radius 2 is 1.88 bits per heavy atom. The van der Waals surface area contributed by atoms with Crippen molar-refractivity contribution in [3.05, 3.63) is 46.0 Å². The summed E-state index contributed by atoms with van der Waals surface area (Å²) >= 11 is 11.9. The molecule has 2 amide bonds. The van der Waals surface area contributed by atoms with Gasteiger partial charge in [0.2, 0.25) is 11.8 Å². The van der Waals surface area contributed by atoms with E-state index in [1.54, 1.807) is 30.4 Å². The fourth-order valence-electron chi connectivity index (χ4n) is 3.94. The number of carbonyl (C=O) groups excluding carboxylic acids is 2. The molecule has 2 heterocycles. The van der Waals surface area contributed by atoms with Crippen molar-refractivity contribution >= 4 is 35.0 Å². The van der Waals surface area contributed by atoms with Gasteiger partial charge in [0.15, 0.2) is 0 Å². The Hall–Kier alpha value is -1.64. The predicted octanol–water partition coefficient (Wildman–Crippen LogP) is 2.68. The van der Waals surface area contributed by atoms with Gasteiger partial charge in [0.1, 0.15) is 6.10 Å². The van der Waals surface area contributed by atoms with Crippen LogP contribution in [0.3, 0.4) is 0 Å². The van der Waals surface area contributed by atoms with Crippen LogP contribution in [-0.2, 0) is 20.9 Å². The van der Waals surface area contributed by atoms with E-state index < -0.39 is 18.2 Å². The smallest absolute Gasteiger partial charge is 0.223 e. The maximum atomic E-state index is 12.3. The molecule has 0 spiro atoms. The minimum atomic E-state index is -0.591. The summed E-state index contributed by atoms with van der Waals surface area (Å²) in [7, 11) is 0. The van der Waals surface area contributed by atoms with Crippen molar-refractivity contribution in [3.63, 3.8) is 0 Å². The lowest BCUT2D eigenvalue weighted by Crippen LogP contribution is -2.49. The highest BCUT2D eigenvalue weighted by Gasteiger charge is 2.29. The molecule has 2 aliphatic rings. The second kappa shape index (κ2) is 12.6. The molecular formula is C23H31Cl2N3O4. The van der Waals surface area contributed by atoms with Crippen LogP contribution in [0.5, 0.6) is 0 Å². The summed E-state index contributed by atoms with van der Waals surface area (Å²) in [5.41, 5.74) is 0.841. The number of aliphatic hydroxyl groups is 1. The first-order chi connectivity index (χ1) is 15.4. The number of aliphatic hydroxyl groups excluding tert-OH is 1. The molecule has 1 aromatic rings. The Kier molecular flexibility index (Phi) is 9.81. The fraction of sp³-hybridized carbons (Fsp3) is 0.565. The van der Waals surface area contributed by atoms with Gasteiger partial charge in [-0.05, 0) is 43.6 Å². The summed E-state index contributed by atoms with van der Waals surface area (Å²) in [5.74, 6) is -0.253. The first-order valence-electron chi connectivity index (χ1n) is 11.1. The number of halogens is 2. The lowest BCUT2D eigenvalue weighted by molar-refractivity contribution is -0.128. The van der Waals surface area contributed by atoms with E-state index in [0.717, 1.165) is 25.2 Å². The molecule has 0 unspecified atom stereocenters. The molecule has 2 aliphatic heterocycles. The molecule has 7 nitrogen and oxygen atoms in total. The van der Waals surface area contributed by atoms with Gasteiger partial charge in [-0.1, -0.05) is 47.8 Å². The molecular weight excluding hydrogens is 453 g/mol. The largest absolute Gasteiger partial charge is 0.394 e. The van der Waals surface area contributed by atoms with E-state index >= 15 is 0 Å². The highest BCUT2D eigenvalue weighted by molar-refractivity contribution is 6.42. The van der Waals surface area contributed by atoms with Crippen LogP contribution < -0.4 is 10.6 Å². The van der Waals surface area contributed by atoms with E-state index in [4.69, 9.17) is 27.9 Å². The summed E-state index contributed by atoms with van der Waals surface area (Å²) in [5, 5.41) is 16.4. The fourth-order valence-corrected chi connectivity index (χ4v) is 4.26. The number of carbonyl (C=O) groups is 2. The lowest BCUT2D eigenvalue weighted by Gasteiger charge is -2.32. The van der Waals surface area contributed by atoms with Crippen molar-refractivity contribution in [2.75, 3.05) is 26.2 Å². The molecule has 3 rings (SSSR count). The van der Waals surface area contributed by atoms with Gasteiger partial charge >= 0.3 is 0 Å². The van der Waals surface area contributed by atoms with E-state index in [0.29, 0.717) is 23.0 Å². The van der Waals surface area contributed by atoms with Crippen LogP contribution in [0.4, 0.5) is 0 Å². The van der Waals surface area contributed by atoms with E-state index in [-0.39, 0.29) is 24.8 Å². The zero-order valence-corrected chi connectivity index (χ0v) is 19.6. The average Bonchev–Trinajstić information content (AvgIpc) is 2.80. The van der Waals surface area contributed by atoms with Crippen LogP contribution in [-0.4, -0.2) is 66.3 Å². The Morgan fingerprint density at radius 1 is 1.09 bits per heavy atom. The Balaban J connectivity index is 1.42. The number of nitrogens with zero attached hydrogens (tertiary/aromatic N) is 1. The number of piperidine rings is 1. The first-order valence-corrected chi connectivity index (χ1v) is 11.9. The molecule has 0 radical (unpaired) electrons. The number of nitrogens with one attached hydrogen (secondary N) is 2. The number of benzene rings is 1. The standard InChI is InChI=1S/C23H31Cl2N3O4/c24-18-6-4-16(12-19(18)25)14-26-23(31)13-17-5-7-20(21(15-29)32-17)27-22(30)8-11-28-9-2-1-3-10-28/h4-7,12,17,20-21,29H,1-3,8-11,13-15H2,(H,26,31)(H,27,30)/t17-,20+,21+/m1/s1. The quantitative estimate of drug-likeness (QED) is 0.469. The number of likely N-dealkylation sites (tertiary alicyclic amines) is 1. The van der Waals surface area contributed by atoms with Crippen molar-refractivity contribution in [1.29, 1.82) is 0 Å². The van der Waals surface area contributed by atoms with E-state index in [1.807, 2.05) is 0 Å². The molecule has 1 fully saturated rings. The van der Waals surface area contributed by atoms with Crippen LogP contribution in [0.25, 0.3) is 0 Å². The second-order valence-electron chi connectivity index (χ2n) is 8.26. The molecule has 0 aromatic heterocycles. The van der Waals surface area contributed by atoms with Gasteiger partial charge in [-0.3, -0.25) is 9.59 Å². The van der Waals surface area contributed by atoms with Crippen LogP contribution in [0.2, 0.25) is 10.0 Å². The Labute approximate surface area is 199 Å². The van der Waals surface area contributed by atoms with Crippen molar-refractivity contribution in [2.24, 2.45) is 0 Å². The van der Waals surface area contributed by atoms with Crippen molar-refractivity contribution in [3.8, 4) is 0 Å². The van der Waals surface area contributed by atoms with E-state index in [2.05, 4.69) is 15.5 Å². The van der Waals surface area contributed by atoms with Gasteiger partial charge in [0.25, 0.3) is 0 Å². The molecule has 1 saturated heterocycles. The molecule has 9 heteroatoms. The SMILES string of the molecule is O=C(C[C@H]1C=C[C@H](NC(=O)CCN2CCCCC2)[C@H](CO)O1)NCc1ccc(Cl)c(Cl)c1. The minimum absolute atomic E-state index is 0.0647. The summed E-state index contributed by atoms with van der Waals surface area (Å²) in [6, 6.07) is 4.78. The highest BCUT2D eigenvalue weighted by atomic mass is 35.5. The predicted molar refractivity (Wildman–Crippen MR) is 125 cm³/mol. The minimum Gasteiger partial charge on any atom is -0.394 e. The van der Waals surface area contributed by atoms with Crippen molar-refractivity contribution < 1.29 is 19.4 Å². The number of hydrogen-bond acceptors (Lipinski definition) is 5. The maximum Gasteiger partial charge on any atom is 0.223 e. The van der Waals surface area contributed by atoms with Gasteiger partial charge in [0, 0.05) is 19.5 Å². The summed E-state index contributed by atoms with van der Waals surface area (Å²) < 4.78 is 5.84. The molecule has 176 valence electrons. The topological polar surface area (TPSA) is 90.9 Å². The van der Waals surface area contributed by atoms with Crippen LogP contribution in [0.15, 0.2) is 30.4 Å². The monoisotopic (exact) mass is 483 g/mol. The maximum absolute atomic E-state index is 12.3. The summed E-state index contributed by atoms with van der Waals surface area (Å²) in [6.07, 6.45) is 6.69. The zero-order chi connectivity index (χ0) is 22.9.